The summed E-state index contributed by atoms with van der Waals surface area (Å²) in [5.74, 6) is 4.42. The van der Waals surface area contributed by atoms with E-state index in [9.17, 15) is 4.79 Å². The van der Waals surface area contributed by atoms with Crippen LogP contribution in [0.3, 0.4) is 0 Å². The average molecular weight is 225 g/mol. The molecule has 78 valence electrons. The molecule has 0 aliphatic rings. The van der Waals surface area contributed by atoms with E-state index >= 15 is 0 Å². The van der Waals surface area contributed by atoms with E-state index in [0.717, 1.165) is 0 Å². The van der Waals surface area contributed by atoms with Gasteiger partial charge in [-0.2, -0.15) is 0 Å². The van der Waals surface area contributed by atoms with Crippen molar-refractivity contribution in [3.05, 3.63) is 28.5 Å². The van der Waals surface area contributed by atoms with E-state index in [1.165, 1.54) is 12.3 Å². The lowest BCUT2D eigenvalue weighted by Crippen LogP contribution is -2.00. The molecule has 4 nitrogen and oxygen atoms in total. The highest BCUT2D eigenvalue weighted by Gasteiger charge is 2.09. The molecule has 0 fully saturated rings. The van der Waals surface area contributed by atoms with E-state index in [1.54, 1.807) is 0 Å². The van der Waals surface area contributed by atoms with Crippen LogP contribution >= 0.6 is 11.6 Å². The van der Waals surface area contributed by atoms with Crippen LogP contribution in [0.1, 0.15) is 22.3 Å². The van der Waals surface area contributed by atoms with Crippen molar-refractivity contribution in [2.75, 3.05) is 6.54 Å². The number of carboxylic acids is 1. The molecule has 1 aromatic rings. The Labute approximate surface area is 92.1 Å². The third-order valence-corrected chi connectivity index (χ3v) is 1.87. The van der Waals surface area contributed by atoms with Gasteiger partial charge in [0.15, 0.2) is 0 Å². The Hall–Kier alpha value is -1.57. The van der Waals surface area contributed by atoms with E-state index in [0.29, 0.717) is 18.5 Å². The molecular weight excluding hydrogens is 216 g/mol. The van der Waals surface area contributed by atoms with Crippen molar-refractivity contribution in [2.45, 2.75) is 6.42 Å². The van der Waals surface area contributed by atoms with Crippen LogP contribution in [-0.2, 0) is 0 Å². The van der Waals surface area contributed by atoms with Gasteiger partial charge in [-0.05, 0) is 6.07 Å². The predicted molar refractivity (Wildman–Crippen MR) is 56.8 cm³/mol. The molecule has 5 heteroatoms. The maximum Gasteiger partial charge on any atom is 0.338 e. The minimum Gasteiger partial charge on any atom is -0.478 e. The fourth-order valence-corrected chi connectivity index (χ4v) is 1.09. The molecule has 0 aromatic carbocycles. The molecule has 0 unspecified atom stereocenters. The molecule has 0 aliphatic heterocycles. The molecule has 0 saturated carbocycles. The van der Waals surface area contributed by atoms with Crippen molar-refractivity contribution in [3.8, 4) is 11.8 Å². The number of nitrogens with two attached hydrogens (primary N) is 1. The zero-order chi connectivity index (χ0) is 11.3. The second-order valence-electron chi connectivity index (χ2n) is 2.71. The third-order valence-electron chi connectivity index (χ3n) is 1.57. The van der Waals surface area contributed by atoms with Gasteiger partial charge in [0.25, 0.3) is 0 Å². The summed E-state index contributed by atoms with van der Waals surface area (Å²) < 4.78 is 0. The van der Waals surface area contributed by atoms with Gasteiger partial charge < -0.3 is 10.8 Å². The minimum atomic E-state index is -1.12. The monoisotopic (exact) mass is 224 g/mol. The normalized spacial score (nSPS) is 9.20. The number of hydrogen-bond acceptors (Lipinski definition) is 3. The van der Waals surface area contributed by atoms with Crippen LogP contribution in [0.15, 0.2) is 12.3 Å². The standard InChI is InChI=1S/C10H9ClN2O2/c11-9-8(10(14)15)5-7(6-13-9)3-1-2-4-12/h5-6H,2,4,12H2,(H,14,15). The number of aromatic carboxylic acids is 1. The molecule has 1 aromatic heterocycles. The van der Waals surface area contributed by atoms with E-state index < -0.39 is 5.97 Å². The highest BCUT2D eigenvalue weighted by molar-refractivity contribution is 6.32. The van der Waals surface area contributed by atoms with E-state index in [4.69, 9.17) is 22.4 Å². The molecule has 0 radical (unpaired) electrons. The van der Waals surface area contributed by atoms with Gasteiger partial charge in [-0.15, -0.1) is 0 Å². The Morgan fingerprint density at radius 2 is 2.40 bits per heavy atom. The van der Waals surface area contributed by atoms with E-state index in [-0.39, 0.29) is 10.7 Å². The number of pyridine rings is 1. The second-order valence-corrected chi connectivity index (χ2v) is 3.07. The van der Waals surface area contributed by atoms with Gasteiger partial charge in [-0.25, -0.2) is 9.78 Å². The highest BCUT2D eigenvalue weighted by atomic mass is 35.5. The number of hydrogen-bond donors (Lipinski definition) is 2. The van der Waals surface area contributed by atoms with Crippen LogP contribution in [0, 0.1) is 11.8 Å². The summed E-state index contributed by atoms with van der Waals surface area (Å²) in [6.07, 6.45) is 1.99. The summed E-state index contributed by atoms with van der Waals surface area (Å²) in [5.41, 5.74) is 5.74. The number of halogens is 1. The van der Waals surface area contributed by atoms with Gasteiger partial charge in [-0.3, -0.25) is 0 Å². The van der Waals surface area contributed by atoms with Crippen LogP contribution in [0.25, 0.3) is 0 Å². The molecule has 0 atom stereocenters. The van der Waals surface area contributed by atoms with Gasteiger partial charge >= 0.3 is 5.97 Å². The average Bonchev–Trinajstić information content (AvgIpc) is 2.20. The van der Waals surface area contributed by atoms with Gasteiger partial charge in [0.05, 0.1) is 5.56 Å². The largest absolute Gasteiger partial charge is 0.478 e. The molecule has 1 heterocycles. The minimum absolute atomic E-state index is 0.0353. The van der Waals surface area contributed by atoms with Crippen molar-refractivity contribution in [2.24, 2.45) is 5.73 Å². The lowest BCUT2D eigenvalue weighted by molar-refractivity contribution is 0.0696. The van der Waals surface area contributed by atoms with Crippen LogP contribution in [0.5, 0.6) is 0 Å². The zero-order valence-corrected chi connectivity index (χ0v) is 8.58. The summed E-state index contributed by atoms with van der Waals surface area (Å²) in [5, 5.41) is 8.73. The highest BCUT2D eigenvalue weighted by Crippen LogP contribution is 2.13. The predicted octanol–water partition coefficient (Wildman–Crippen LogP) is 1.13. The first-order valence-corrected chi connectivity index (χ1v) is 4.60. The van der Waals surface area contributed by atoms with Crippen molar-refractivity contribution in [1.29, 1.82) is 0 Å². The first-order chi connectivity index (χ1) is 7.15. The number of nitrogens with zero attached hydrogens (tertiary/aromatic N) is 1. The fourth-order valence-electron chi connectivity index (χ4n) is 0.903. The topological polar surface area (TPSA) is 76.2 Å². The van der Waals surface area contributed by atoms with E-state index in [2.05, 4.69) is 16.8 Å². The molecule has 0 aliphatic carbocycles. The van der Waals surface area contributed by atoms with Gasteiger partial charge in [0, 0.05) is 24.7 Å². The van der Waals surface area contributed by atoms with Crippen LogP contribution in [-0.4, -0.2) is 22.6 Å². The zero-order valence-electron chi connectivity index (χ0n) is 7.83. The summed E-state index contributed by atoms with van der Waals surface area (Å²) in [6.45, 7) is 0.472. The third kappa shape index (κ3) is 3.24. The van der Waals surface area contributed by atoms with Crippen molar-refractivity contribution in [3.63, 3.8) is 0 Å². The van der Waals surface area contributed by atoms with Gasteiger partial charge in [0.1, 0.15) is 5.15 Å². The van der Waals surface area contributed by atoms with Crippen LogP contribution in [0.2, 0.25) is 5.15 Å². The molecule has 0 bridgehead atoms. The Bertz CT molecular complexity index is 435. The van der Waals surface area contributed by atoms with Crippen molar-refractivity contribution < 1.29 is 9.90 Å². The number of rotatable bonds is 2. The number of aromatic nitrogens is 1. The maximum atomic E-state index is 10.7. The Kier molecular flexibility index (Phi) is 4.10. The van der Waals surface area contributed by atoms with Gasteiger partial charge in [-0.1, -0.05) is 23.4 Å². The summed E-state index contributed by atoms with van der Waals surface area (Å²) in [6, 6.07) is 1.39. The molecule has 0 spiro atoms. The van der Waals surface area contributed by atoms with Gasteiger partial charge in [0.2, 0.25) is 0 Å². The smallest absolute Gasteiger partial charge is 0.338 e. The first-order valence-electron chi connectivity index (χ1n) is 4.23. The lowest BCUT2D eigenvalue weighted by Gasteiger charge is -1.97. The van der Waals surface area contributed by atoms with Crippen molar-refractivity contribution in [1.82, 2.24) is 4.98 Å². The van der Waals surface area contributed by atoms with E-state index in [1.807, 2.05) is 0 Å². The van der Waals surface area contributed by atoms with Crippen LogP contribution < -0.4 is 5.73 Å². The van der Waals surface area contributed by atoms with Crippen molar-refractivity contribution >= 4 is 17.6 Å². The Morgan fingerprint density at radius 3 is 3.00 bits per heavy atom. The molecule has 0 amide bonds. The number of carboxylic acid groups (broad SMARTS) is 1. The lowest BCUT2D eigenvalue weighted by atomic mass is 10.2. The molecule has 15 heavy (non-hydrogen) atoms. The summed E-state index contributed by atoms with van der Waals surface area (Å²) in [7, 11) is 0. The second kappa shape index (κ2) is 5.35. The maximum absolute atomic E-state index is 10.7. The quantitative estimate of drug-likeness (QED) is 0.583. The Morgan fingerprint density at radius 1 is 1.67 bits per heavy atom. The molecule has 1 rings (SSSR count). The molecule has 0 saturated heterocycles. The fraction of sp³-hybridized carbons (Fsp3) is 0.200. The summed E-state index contributed by atoms with van der Waals surface area (Å²) in [4.78, 5) is 14.4. The first kappa shape index (κ1) is 11.5. The SMILES string of the molecule is NCCC#Cc1cnc(Cl)c(C(=O)O)c1. The summed E-state index contributed by atoms with van der Waals surface area (Å²) >= 11 is 5.59. The molecule has 3 N–H and O–H groups in total. The number of carbonyl (C=O) groups is 1. The van der Waals surface area contributed by atoms with Crippen LogP contribution in [0.4, 0.5) is 0 Å². The molecular formula is C10H9ClN2O2. The Balaban J connectivity index is 2.99.